The second-order valence-electron chi connectivity index (χ2n) is 12.1. The molecule has 2 N–H and O–H groups in total. The van der Waals surface area contributed by atoms with Gasteiger partial charge in [0.25, 0.3) is 0 Å². The van der Waals surface area contributed by atoms with E-state index < -0.39 is 12.2 Å². The lowest BCUT2D eigenvalue weighted by Crippen LogP contribution is -2.35. The first-order chi connectivity index (χ1) is 14.4. The van der Waals surface area contributed by atoms with E-state index in [2.05, 4.69) is 72.4 Å². The van der Waals surface area contributed by atoms with Crippen molar-refractivity contribution in [3.63, 3.8) is 0 Å². The maximum Gasteiger partial charge on any atom is 0.0809 e. The average Bonchev–Trinajstić information content (AvgIpc) is 3.05. The van der Waals surface area contributed by atoms with Crippen LogP contribution in [0.3, 0.4) is 0 Å². The third-order valence-electron chi connectivity index (χ3n) is 9.04. The number of fused-ring (bicyclic) bond motifs is 1. The molecule has 3 rings (SSSR count). The molecule has 2 heteroatoms. The predicted molar refractivity (Wildman–Crippen MR) is 132 cm³/mol. The van der Waals surface area contributed by atoms with E-state index in [0.29, 0.717) is 47.0 Å². The van der Waals surface area contributed by atoms with E-state index in [-0.39, 0.29) is 0 Å². The van der Waals surface area contributed by atoms with E-state index in [1.54, 1.807) is 5.57 Å². The van der Waals surface area contributed by atoms with Crippen LogP contribution in [0.4, 0.5) is 0 Å². The van der Waals surface area contributed by atoms with Crippen LogP contribution in [0.1, 0.15) is 86.5 Å². The Hall–Kier alpha value is -1.12. The molecule has 2 nitrogen and oxygen atoms in total. The van der Waals surface area contributed by atoms with Gasteiger partial charge in [0.05, 0.1) is 12.2 Å². The molecular weight excluding hydrogens is 380 g/mol. The highest BCUT2D eigenvalue weighted by Gasteiger charge is 2.50. The summed E-state index contributed by atoms with van der Waals surface area (Å²) in [6.45, 7) is 18.1. The molecule has 0 bridgehead atoms. The summed E-state index contributed by atoms with van der Waals surface area (Å²) < 4.78 is 0. The highest BCUT2D eigenvalue weighted by atomic mass is 16.3. The van der Waals surface area contributed by atoms with Crippen molar-refractivity contribution in [1.29, 1.82) is 0 Å². The van der Waals surface area contributed by atoms with Crippen molar-refractivity contribution < 1.29 is 10.2 Å². The second-order valence-corrected chi connectivity index (χ2v) is 12.1. The summed E-state index contributed by atoms with van der Waals surface area (Å²) in [5, 5.41) is 20.3. The number of aliphatic hydroxyl groups excluding tert-OH is 2. The summed E-state index contributed by atoms with van der Waals surface area (Å²) >= 11 is 0. The van der Waals surface area contributed by atoms with Crippen molar-refractivity contribution in [2.45, 2.75) is 98.7 Å². The molecule has 174 valence electrons. The van der Waals surface area contributed by atoms with E-state index in [9.17, 15) is 10.2 Å². The minimum Gasteiger partial charge on any atom is -0.388 e. The summed E-state index contributed by atoms with van der Waals surface area (Å²) in [7, 11) is 0. The second kappa shape index (κ2) is 9.40. The van der Waals surface area contributed by atoms with Crippen LogP contribution < -0.4 is 0 Å². The Morgan fingerprint density at radius 1 is 1.03 bits per heavy atom. The van der Waals surface area contributed by atoms with E-state index in [4.69, 9.17) is 0 Å². The van der Waals surface area contributed by atoms with Gasteiger partial charge < -0.3 is 10.2 Å². The van der Waals surface area contributed by atoms with Gasteiger partial charge in [-0.1, -0.05) is 83.6 Å². The lowest BCUT2D eigenvalue weighted by atomic mass is 9.61. The molecule has 3 fully saturated rings. The van der Waals surface area contributed by atoms with Gasteiger partial charge in [0.1, 0.15) is 0 Å². The van der Waals surface area contributed by atoms with Crippen LogP contribution in [0.15, 0.2) is 47.6 Å². The summed E-state index contributed by atoms with van der Waals surface area (Å²) in [5.74, 6) is 2.63. The van der Waals surface area contributed by atoms with Crippen LogP contribution in [-0.4, -0.2) is 22.4 Å². The predicted octanol–water partition coefficient (Wildman–Crippen LogP) is 7.00. The van der Waals surface area contributed by atoms with E-state index in [1.807, 2.05) is 0 Å². The van der Waals surface area contributed by atoms with Gasteiger partial charge >= 0.3 is 0 Å². The molecule has 0 aromatic heterocycles. The van der Waals surface area contributed by atoms with Gasteiger partial charge in [0.15, 0.2) is 0 Å². The fraction of sp³-hybridized carbons (Fsp3) is 0.724. The fourth-order valence-corrected chi connectivity index (χ4v) is 6.33. The smallest absolute Gasteiger partial charge is 0.0809 e. The normalized spacial score (nSPS) is 37.9. The topological polar surface area (TPSA) is 40.5 Å². The third kappa shape index (κ3) is 5.28. The molecule has 31 heavy (non-hydrogen) atoms. The molecule has 3 aliphatic carbocycles. The first-order valence-electron chi connectivity index (χ1n) is 12.5. The molecule has 0 spiro atoms. The zero-order chi connectivity index (χ0) is 23.0. The van der Waals surface area contributed by atoms with Crippen LogP contribution in [-0.2, 0) is 0 Å². The number of aliphatic hydroxyl groups is 2. The summed E-state index contributed by atoms with van der Waals surface area (Å²) in [4.78, 5) is 0. The Balaban J connectivity index is 1.73. The van der Waals surface area contributed by atoms with Gasteiger partial charge in [0, 0.05) is 0 Å². The van der Waals surface area contributed by atoms with Crippen molar-refractivity contribution in [3.05, 3.63) is 47.6 Å². The summed E-state index contributed by atoms with van der Waals surface area (Å²) in [6.07, 6.45) is 15.9. The minimum atomic E-state index is -0.607. The Morgan fingerprint density at radius 3 is 2.29 bits per heavy atom. The molecular formula is C29H46O2. The first-order valence-corrected chi connectivity index (χ1v) is 12.5. The Labute approximate surface area is 191 Å². The maximum atomic E-state index is 10.2. The van der Waals surface area contributed by atoms with Crippen LogP contribution >= 0.6 is 0 Å². The van der Waals surface area contributed by atoms with E-state index in [1.165, 1.54) is 32.1 Å². The van der Waals surface area contributed by atoms with Crippen molar-refractivity contribution in [2.24, 2.45) is 34.5 Å². The fourth-order valence-electron chi connectivity index (χ4n) is 6.33. The average molecular weight is 427 g/mol. The Kier molecular flexibility index (Phi) is 7.43. The van der Waals surface area contributed by atoms with Crippen molar-refractivity contribution in [2.75, 3.05) is 0 Å². The molecule has 0 saturated heterocycles. The summed E-state index contributed by atoms with van der Waals surface area (Å²) in [6, 6.07) is 0. The van der Waals surface area contributed by atoms with E-state index >= 15 is 0 Å². The maximum absolute atomic E-state index is 10.2. The zero-order valence-corrected chi connectivity index (χ0v) is 20.8. The zero-order valence-electron chi connectivity index (χ0n) is 20.8. The van der Waals surface area contributed by atoms with Crippen LogP contribution in [0.25, 0.3) is 0 Å². The molecule has 0 amide bonds. The van der Waals surface area contributed by atoms with Crippen molar-refractivity contribution in [1.82, 2.24) is 0 Å². The monoisotopic (exact) mass is 426 g/mol. The van der Waals surface area contributed by atoms with Crippen LogP contribution in [0, 0.1) is 34.5 Å². The number of hydrogen-bond acceptors (Lipinski definition) is 2. The van der Waals surface area contributed by atoms with E-state index in [0.717, 1.165) is 11.5 Å². The molecule has 1 unspecified atom stereocenters. The first kappa shape index (κ1) is 24.5. The molecule has 0 aromatic carbocycles. The standard InChI is InChI=1S/C29H46O2/c1-19(10-11-20(2)28(4,5)6)24-14-15-25-23(9-8-16-29(24,25)7)13-12-22-17-26(30)21(3)27(31)18-22/h10-13,19-20,24-27,30-31H,3,8-9,14-18H2,1-2,4-7H3/b11-10+,23-13+/t19-,20-,24?,25+,26-,27-,29-/m1/s1. The molecule has 0 aliphatic heterocycles. The third-order valence-corrected chi connectivity index (χ3v) is 9.04. The summed E-state index contributed by atoms with van der Waals surface area (Å²) in [5.41, 5.74) is 4.01. The SMILES string of the molecule is C=C1[C@H](O)CC(=C/C=C2\CCC[C@]3(C)C([C@H](C)/C=C/[C@@H](C)C(C)(C)C)CC[C@@H]23)C[C@H]1O. The van der Waals surface area contributed by atoms with Crippen LogP contribution in [0.5, 0.6) is 0 Å². The van der Waals surface area contributed by atoms with Gasteiger partial charge in [-0.2, -0.15) is 0 Å². The lowest BCUT2D eigenvalue weighted by Gasteiger charge is -2.44. The van der Waals surface area contributed by atoms with Crippen molar-refractivity contribution >= 4 is 0 Å². The quantitative estimate of drug-likeness (QED) is 0.475. The molecule has 7 atom stereocenters. The highest BCUT2D eigenvalue weighted by molar-refractivity contribution is 5.29. The Morgan fingerprint density at radius 2 is 1.68 bits per heavy atom. The molecule has 3 aliphatic rings. The van der Waals surface area contributed by atoms with Crippen molar-refractivity contribution in [3.8, 4) is 0 Å². The number of allylic oxidation sites excluding steroid dienone is 5. The Bertz CT molecular complexity index is 733. The number of hydrogen-bond donors (Lipinski definition) is 2. The lowest BCUT2D eigenvalue weighted by molar-refractivity contribution is 0.112. The molecule has 0 radical (unpaired) electrons. The van der Waals surface area contributed by atoms with Gasteiger partial charge in [-0.25, -0.2) is 0 Å². The molecule has 3 saturated carbocycles. The molecule has 0 aromatic rings. The van der Waals surface area contributed by atoms with Gasteiger partial charge in [-0.05, 0) is 85.0 Å². The van der Waals surface area contributed by atoms with Gasteiger partial charge in [0.2, 0.25) is 0 Å². The number of rotatable bonds is 4. The largest absolute Gasteiger partial charge is 0.388 e. The molecule has 0 heterocycles. The van der Waals surface area contributed by atoms with Crippen LogP contribution in [0.2, 0.25) is 0 Å². The minimum absolute atomic E-state index is 0.319. The van der Waals surface area contributed by atoms with Gasteiger partial charge in [-0.3, -0.25) is 0 Å². The van der Waals surface area contributed by atoms with Gasteiger partial charge in [-0.15, -0.1) is 0 Å². The highest BCUT2D eigenvalue weighted by Crippen LogP contribution is 2.59.